The average molecular weight is 243 g/mol. The van der Waals surface area contributed by atoms with Crippen LogP contribution in [0, 0.1) is 5.82 Å². The van der Waals surface area contributed by atoms with Gasteiger partial charge in [0.1, 0.15) is 5.82 Å². The van der Waals surface area contributed by atoms with E-state index in [0.717, 1.165) is 6.42 Å². The van der Waals surface area contributed by atoms with Gasteiger partial charge in [0.2, 0.25) is 0 Å². The largest absolute Gasteiger partial charge is 0.329 e. The summed E-state index contributed by atoms with van der Waals surface area (Å²) in [6, 6.07) is 4.38. The Bertz CT molecular complexity index is 335. The van der Waals surface area contributed by atoms with E-state index in [1.165, 1.54) is 6.07 Å². The fourth-order valence-electron chi connectivity index (χ4n) is 1.51. The molecule has 1 aromatic rings. The third-order valence-electron chi connectivity index (χ3n) is 2.32. The van der Waals surface area contributed by atoms with Gasteiger partial charge in [-0.3, -0.25) is 0 Å². The Morgan fingerprint density at radius 2 is 2.31 bits per heavy atom. The maximum Gasteiger partial charge on any atom is 0.129 e. The van der Waals surface area contributed by atoms with Crippen LogP contribution in [-0.4, -0.2) is 13.1 Å². The van der Waals surface area contributed by atoms with Crippen LogP contribution in [0.25, 0.3) is 0 Å². The lowest BCUT2D eigenvalue weighted by Crippen LogP contribution is -2.29. The second-order valence-electron chi connectivity index (χ2n) is 3.46. The number of halogens is 2. The summed E-state index contributed by atoms with van der Waals surface area (Å²) in [5.41, 5.74) is 6.05. The van der Waals surface area contributed by atoms with Crippen LogP contribution in [0.3, 0.4) is 0 Å². The van der Waals surface area contributed by atoms with Gasteiger partial charge in [-0.25, -0.2) is 4.39 Å². The minimum absolute atomic E-state index is 0.256. The van der Waals surface area contributed by atoms with Gasteiger partial charge in [-0.15, -0.1) is 6.58 Å². The number of nitrogens with two attached hydrogens (primary N) is 1. The first-order valence-electron chi connectivity index (χ1n) is 5.19. The standard InChI is InChI=1S/C12H16ClFN2/c1-2-3-7-16-11(8-15)12-9(13)5-4-6-10(12)14/h2,4-6,11,16H,1,3,7-8,15H2. The molecule has 1 rings (SSSR count). The van der Waals surface area contributed by atoms with Crippen LogP contribution >= 0.6 is 11.6 Å². The summed E-state index contributed by atoms with van der Waals surface area (Å²) >= 11 is 5.96. The topological polar surface area (TPSA) is 38.0 Å². The van der Waals surface area contributed by atoms with E-state index in [0.29, 0.717) is 23.7 Å². The number of nitrogens with one attached hydrogen (secondary N) is 1. The molecule has 1 aromatic carbocycles. The molecule has 2 nitrogen and oxygen atoms in total. The first kappa shape index (κ1) is 13.2. The van der Waals surface area contributed by atoms with Crippen LogP contribution < -0.4 is 11.1 Å². The van der Waals surface area contributed by atoms with E-state index in [4.69, 9.17) is 17.3 Å². The molecule has 0 saturated heterocycles. The molecule has 0 aliphatic heterocycles. The molecule has 0 aliphatic carbocycles. The molecule has 0 heterocycles. The van der Waals surface area contributed by atoms with E-state index in [-0.39, 0.29) is 11.9 Å². The smallest absolute Gasteiger partial charge is 0.129 e. The van der Waals surface area contributed by atoms with Crippen molar-refractivity contribution in [3.63, 3.8) is 0 Å². The lowest BCUT2D eigenvalue weighted by atomic mass is 10.1. The number of hydrogen-bond acceptors (Lipinski definition) is 2. The Morgan fingerprint density at radius 1 is 1.56 bits per heavy atom. The summed E-state index contributed by atoms with van der Waals surface area (Å²) in [7, 11) is 0. The molecule has 0 saturated carbocycles. The molecule has 0 fully saturated rings. The average Bonchev–Trinajstić information content (AvgIpc) is 2.26. The van der Waals surface area contributed by atoms with Crippen molar-refractivity contribution in [3.8, 4) is 0 Å². The number of hydrogen-bond donors (Lipinski definition) is 2. The quantitative estimate of drug-likeness (QED) is 0.595. The Balaban J connectivity index is 2.81. The third-order valence-corrected chi connectivity index (χ3v) is 2.65. The minimum Gasteiger partial charge on any atom is -0.329 e. The highest BCUT2D eigenvalue weighted by Gasteiger charge is 2.16. The molecule has 0 aromatic heterocycles. The molecule has 88 valence electrons. The molecule has 0 spiro atoms. The van der Waals surface area contributed by atoms with Crippen LogP contribution in [-0.2, 0) is 0 Å². The van der Waals surface area contributed by atoms with Crippen LogP contribution in [0.4, 0.5) is 4.39 Å². The molecule has 0 amide bonds. The van der Waals surface area contributed by atoms with Crippen molar-refractivity contribution >= 4 is 11.6 Å². The normalized spacial score (nSPS) is 12.4. The van der Waals surface area contributed by atoms with Gasteiger partial charge >= 0.3 is 0 Å². The van der Waals surface area contributed by atoms with Gasteiger partial charge in [-0.2, -0.15) is 0 Å². The van der Waals surface area contributed by atoms with Crippen LogP contribution in [0.15, 0.2) is 30.9 Å². The Labute approximate surface area is 100 Å². The zero-order chi connectivity index (χ0) is 12.0. The van der Waals surface area contributed by atoms with Crippen molar-refractivity contribution in [3.05, 3.63) is 47.3 Å². The molecule has 0 bridgehead atoms. The van der Waals surface area contributed by atoms with Gasteiger partial charge in [0, 0.05) is 23.2 Å². The maximum atomic E-state index is 13.6. The van der Waals surface area contributed by atoms with Crippen molar-refractivity contribution in [2.24, 2.45) is 5.73 Å². The van der Waals surface area contributed by atoms with Gasteiger partial charge < -0.3 is 11.1 Å². The van der Waals surface area contributed by atoms with E-state index < -0.39 is 0 Å². The predicted molar refractivity (Wildman–Crippen MR) is 66.0 cm³/mol. The minimum atomic E-state index is -0.325. The second-order valence-corrected chi connectivity index (χ2v) is 3.86. The summed E-state index contributed by atoms with van der Waals surface area (Å²) < 4.78 is 13.6. The third kappa shape index (κ3) is 3.30. The Morgan fingerprint density at radius 3 is 2.88 bits per heavy atom. The molecular formula is C12H16ClFN2. The van der Waals surface area contributed by atoms with Crippen molar-refractivity contribution < 1.29 is 4.39 Å². The molecule has 0 radical (unpaired) electrons. The maximum absolute atomic E-state index is 13.6. The lowest BCUT2D eigenvalue weighted by molar-refractivity contribution is 0.511. The Hall–Kier alpha value is -0.900. The summed E-state index contributed by atoms with van der Waals surface area (Å²) in [5.74, 6) is -0.325. The Kier molecular flexibility index (Phi) is 5.46. The summed E-state index contributed by atoms with van der Waals surface area (Å²) in [6.07, 6.45) is 2.60. The van der Waals surface area contributed by atoms with Crippen molar-refractivity contribution in [1.29, 1.82) is 0 Å². The van der Waals surface area contributed by atoms with Crippen LogP contribution in [0.2, 0.25) is 5.02 Å². The highest BCUT2D eigenvalue weighted by atomic mass is 35.5. The molecule has 16 heavy (non-hydrogen) atoms. The number of rotatable bonds is 6. The van der Waals surface area contributed by atoms with Crippen molar-refractivity contribution in [2.45, 2.75) is 12.5 Å². The molecule has 4 heteroatoms. The predicted octanol–water partition coefficient (Wildman–Crippen LogP) is 2.64. The lowest BCUT2D eigenvalue weighted by Gasteiger charge is -2.18. The zero-order valence-electron chi connectivity index (χ0n) is 9.05. The van der Waals surface area contributed by atoms with Crippen molar-refractivity contribution in [1.82, 2.24) is 5.32 Å². The van der Waals surface area contributed by atoms with Crippen LogP contribution in [0.1, 0.15) is 18.0 Å². The summed E-state index contributed by atoms with van der Waals surface area (Å²) in [6.45, 7) is 4.63. The van der Waals surface area contributed by atoms with E-state index in [2.05, 4.69) is 11.9 Å². The zero-order valence-corrected chi connectivity index (χ0v) is 9.80. The summed E-state index contributed by atoms with van der Waals surface area (Å²) in [5, 5.41) is 3.55. The van der Waals surface area contributed by atoms with Gasteiger partial charge in [-0.05, 0) is 25.1 Å². The van der Waals surface area contributed by atoms with Gasteiger partial charge in [0.25, 0.3) is 0 Å². The van der Waals surface area contributed by atoms with E-state index in [1.807, 2.05) is 0 Å². The van der Waals surface area contributed by atoms with E-state index >= 15 is 0 Å². The fourth-order valence-corrected chi connectivity index (χ4v) is 1.80. The van der Waals surface area contributed by atoms with Gasteiger partial charge in [-0.1, -0.05) is 23.7 Å². The van der Waals surface area contributed by atoms with Gasteiger partial charge in [0.15, 0.2) is 0 Å². The highest BCUT2D eigenvalue weighted by molar-refractivity contribution is 6.31. The molecular weight excluding hydrogens is 227 g/mol. The molecule has 1 atom stereocenters. The fraction of sp³-hybridized carbons (Fsp3) is 0.333. The summed E-state index contributed by atoms with van der Waals surface area (Å²) in [4.78, 5) is 0. The van der Waals surface area contributed by atoms with Crippen LogP contribution in [0.5, 0.6) is 0 Å². The first-order chi connectivity index (χ1) is 7.70. The SMILES string of the molecule is C=CCCNC(CN)c1c(F)cccc1Cl. The van der Waals surface area contributed by atoms with Gasteiger partial charge in [0.05, 0.1) is 0 Å². The number of benzene rings is 1. The monoisotopic (exact) mass is 242 g/mol. The molecule has 3 N–H and O–H groups in total. The second kappa shape index (κ2) is 6.63. The van der Waals surface area contributed by atoms with E-state index in [9.17, 15) is 4.39 Å². The highest BCUT2D eigenvalue weighted by Crippen LogP contribution is 2.25. The van der Waals surface area contributed by atoms with E-state index in [1.54, 1.807) is 18.2 Å². The molecule has 1 unspecified atom stereocenters. The first-order valence-corrected chi connectivity index (χ1v) is 5.56. The molecule has 0 aliphatic rings. The van der Waals surface area contributed by atoms with Crippen molar-refractivity contribution in [2.75, 3.05) is 13.1 Å².